The summed E-state index contributed by atoms with van der Waals surface area (Å²) in [6.45, 7) is 0. The van der Waals surface area contributed by atoms with Crippen LogP contribution in [0.15, 0.2) is 237 Å². The molecular formula is C54H39N2PSe. The molecule has 58 heavy (non-hydrogen) atoms. The number of anilines is 6. The van der Waals surface area contributed by atoms with Gasteiger partial charge in [0, 0.05) is 0 Å². The van der Waals surface area contributed by atoms with Crippen LogP contribution in [0, 0.1) is 0 Å². The van der Waals surface area contributed by atoms with Crippen LogP contribution in [0.3, 0.4) is 0 Å². The van der Waals surface area contributed by atoms with Crippen LogP contribution in [0.1, 0.15) is 0 Å². The molecule has 4 heteroatoms. The van der Waals surface area contributed by atoms with Crippen molar-refractivity contribution in [3.63, 3.8) is 0 Å². The Hall–Kier alpha value is -6.47. The summed E-state index contributed by atoms with van der Waals surface area (Å²) in [5.74, 6) is 0. The van der Waals surface area contributed by atoms with Gasteiger partial charge in [0.05, 0.1) is 0 Å². The molecule has 0 saturated carbocycles. The van der Waals surface area contributed by atoms with E-state index >= 15 is 0 Å². The van der Waals surface area contributed by atoms with Gasteiger partial charge in [-0.2, -0.15) is 0 Å². The molecule has 0 saturated heterocycles. The van der Waals surface area contributed by atoms with E-state index < -0.39 is 5.51 Å². The molecule has 0 atom stereocenters. The van der Waals surface area contributed by atoms with Crippen molar-refractivity contribution in [3.8, 4) is 33.4 Å². The van der Waals surface area contributed by atoms with E-state index in [1.165, 1.54) is 49.3 Å². The first kappa shape index (κ1) is 35.9. The predicted octanol–water partition coefficient (Wildman–Crippen LogP) is 13.3. The van der Waals surface area contributed by atoms with Crippen LogP contribution in [0.25, 0.3) is 33.4 Å². The summed E-state index contributed by atoms with van der Waals surface area (Å²) in [6.07, 6.45) is 0. The third kappa shape index (κ3) is 6.54. The van der Waals surface area contributed by atoms with Gasteiger partial charge in [0.25, 0.3) is 0 Å². The van der Waals surface area contributed by atoms with E-state index in [1.807, 2.05) is 0 Å². The van der Waals surface area contributed by atoms with Gasteiger partial charge in [-0.15, -0.1) is 0 Å². The maximum atomic E-state index is 3.86. The molecule has 0 aliphatic carbocycles. The zero-order chi connectivity index (χ0) is 38.9. The van der Waals surface area contributed by atoms with Crippen LogP contribution in [0.5, 0.6) is 0 Å². The minimum absolute atomic E-state index is 1.12. The Labute approximate surface area is 348 Å². The second-order valence-corrected chi connectivity index (χ2v) is 20.7. The number of nitrogens with zero attached hydrogens (tertiary/aromatic N) is 2. The molecule has 1 heterocycles. The number of benzene rings is 9. The van der Waals surface area contributed by atoms with Gasteiger partial charge >= 0.3 is 326 Å². The van der Waals surface area contributed by atoms with E-state index in [1.54, 1.807) is 0 Å². The van der Waals surface area contributed by atoms with Crippen molar-refractivity contribution in [1.82, 2.24) is 0 Å². The molecule has 0 N–H and O–H groups in total. The van der Waals surface area contributed by atoms with Crippen molar-refractivity contribution in [1.29, 1.82) is 0 Å². The average Bonchev–Trinajstić information content (AvgIpc) is 3.56. The molecule has 10 rings (SSSR count). The number of fused-ring (bicyclic) bond motifs is 3. The van der Waals surface area contributed by atoms with Gasteiger partial charge < -0.3 is 0 Å². The van der Waals surface area contributed by atoms with Crippen LogP contribution in [-0.2, 0) is 0 Å². The Morgan fingerprint density at radius 1 is 0.276 bits per heavy atom. The first-order chi connectivity index (χ1) is 28.6. The second-order valence-electron chi connectivity index (χ2n) is 14.5. The van der Waals surface area contributed by atoms with Crippen molar-refractivity contribution >= 4 is 70.6 Å². The monoisotopic (exact) mass is 826 g/mol. The summed E-state index contributed by atoms with van der Waals surface area (Å²) in [4.78, 5) is 4.62. The third-order valence-electron chi connectivity index (χ3n) is 11.1. The van der Waals surface area contributed by atoms with E-state index in [0.717, 1.165) is 34.1 Å². The Kier molecular flexibility index (Phi) is 9.57. The van der Waals surface area contributed by atoms with E-state index in [2.05, 4.69) is 261 Å². The van der Waals surface area contributed by atoms with Crippen molar-refractivity contribution in [2.24, 2.45) is 0 Å². The van der Waals surface area contributed by atoms with E-state index in [0.29, 0.717) is 0 Å². The zero-order valence-electron chi connectivity index (χ0n) is 31.8. The first-order valence-electron chi connectivity index (χ1n) is 19.6. The fourth-order valence-electron chi connectivity index (χ4n) is 8.25. The quantitative estimate of drug-likeness (QED) is 0.106. The van der Waals surface area contributed by atoms with Gasteiger partial charge in [0.2, 0.25) is 0 Å². The Balaban J connectivity index is 1.01. The molecule has 1 aliphatic rings. The summed E-state index contributed by atoms with van der Waals surface area (Å²) in [5.41, 5.74) is 12.1. The third-order valence-corrected chi connectivity index (χ3v) is 18.0. The van der Waals surface area contributed by atoms with Crippen molar-refractivity contribution < 1.29 is 0 Å². The SMILES string of the molecule is [Se]=P1(c2ccccc2)c2cc(-c3ccc(N(c4ccccc4)c4ccccc4)cc3)ccc2-c2ccc(-c3ccc(N(c4ccccc4)c4ccccc4)cc3)cc21. The van der Waals surface area contributed by atoms with Crippen LogP contribution in [-0.4, -0.2) is 15.1 Å². The number of rotatable bonds is 9. The molecule has 0 aromatic heterocycles. The van der Waals surface area contributed by atoms with Gasteiger partial charge in [-0.1, -0.05) is 24.3 Å². The van der Waals surface area contributed by atoms with Crippen LogP contribution in [0.2, 0.25) is 0 Å². The Morgan fingerprint density at radius 3 is 0.879 bits per heavy atom. The first-order valence-corrected chi connectivity index (χ1v) is 23.6. The predicted molar refractivity (Wildman–Crippen MR) is 250 cm³/mol. The summed E-state index contributed by atoms with van der Waals surface area (Å²) in [5, 5.41) is 4.12. The summed E-state index contributed by atoms with van der Waals surface area (Å²) in [7, 11) is 0. The summed E-state index contributed by atoms with van der Waals surface area (Å²) >= 11 is 3.86. The number of hydrogen-bond donors (Lipinski definition) is 0. The fourth-order valence-corrected chi connectivity index (χ4v) is 14.0. The molecule has 0 amide bonds. The molecule has 0 bridgehead atoms. The molecule has 9 aromatic carbocycles. The van der Waals surface area contributed by atoms with Crippen molar-refractivity contribution in [2.45, 2.75) is 0 Å². The zero-order valence-corrected chi connectivity index (χ0v) is 34.4. The summed E-state index contributed by atoms with van der Waals surface area (Å²) in [6, 6.07) is 85.6. The van der Waals surface area contributed by atoms with Crippen LogP contribution in [0.4, 0.5) is 34.1 Å². The van der Waals surface area contributed by atoms with Gasteiger partial charge in [-0.3, -0.25) is 0 Å². The van der Waals surface area contributed by atoms with E-state index in [-0.39, 0.29) is 0 Å². The maximum absolute atomic E-state index is 3.86. The number of para-hydroxylation sites is 4. The Bertz CT molecular complexity index is 2620. The van der Waals surface area contributed by atoms with Gasteiger partial charge in [-0.05, 0) is 0 Å². The molecule has 0 spiro atoms. The molecule has 0 fully saturated rings. The van der Waals surface area contributed by atoms with Gasteiger partial charge in [0.15, 0.2) is 0 Å². The second kappa shape index (κ2) is 15.5. The molecule has 9 aromatic rings. The van der Waals surface area contributed by atoms with Crippen molar-refractivity contribution in [3.05, 3.63) is 237 Å². The average molecular weight is 826 g/mol. The van der Waals surface area contributed by atoms with Crippen LogP contribution >= 0.6 is 5.51 Å². The molecule has 2 nitrogen and oxygen atoms in total. The van der Waals surface area contributed by atoms with Crippen LogP contribution < -0.4 is 25.7 Å². The number of hydrogen-bond acceptors (Lipinski definition) is 2. The molecule has 1 aliphatic heterocycles. The molecular weight excluding hydrogens is 787 g/mol. The van der Waals surface area contributed by atoms with Gasteiger partial charge in [-0.25, -0.2) is 0 Å². The molecule has 276 valence electrons. The molecule has 0 radical (unpaired) electrons. The van der Waals surface area contributed by atoms with E-state index in [4.69, 9.17) is 0 Å². The standard InChI is InChI=1S/C54H39N2PSe/c58-57(50-24-14-5-15-25-50)53-38-42(40-26-32-48(33-27-40)55(44-16-6-1-7-17-44)45-18-8-2-9-19-45)30-36-51(53)52-37-31-43(39-54(52)57)41-28-34-49(35-29-41)56(46-20-10-3-11-21-46)47-22-12-4-13-23-47/h1-39H. The normalized spacial score (nSPS) is 12.3. The van der Waals surface area contributed by atoms with Gasteiger partial charge in [0.1, 0.15) is 0 Å². The molecule has 0 unspecified atom stereocenters. The topological polar surface area (TPSA) is 6.48 Å². The van der Waals surface area contributed by atoms with E-state index in [9.17, 15) is 0 Å². The summed E-state index contributed by atoms with van der Waals surface area (Å²) < 4.78 is 0. The van der Waals surface area contributed by atoms with Crippen molar-refractivity contribution in [2.75, 3.05) is 9.80 Å². The fraction of sp³-hybridized carbons (Fsp3) is 0. The minimum atomic E-state index is -2.10. The Morgan fingerprint density at radius 2 is 0.552 bits per heavy atom.